The summed E-state index contributed by atoms with van der Waals surface area (Å²) in [7, 11) is -3.75. The first-order valence-electron chi connectivity index (χ1n) is 6.79. The van der Waals surface area contributed by atoms with Crippen LogP contribution in [-0.4, -0.2) is 14.3 Å². The summed E-state index contributed by atoms with van der Waals surface area (Å²) < 4.78 is 22.7. The molecular formula is C14H18N2O3S. The molecule has 0 aromatic heterocycles. The van der Waals surface area contributed by atoms with Crippen LogP contribution < -0.4 is 10.5 Å². The van der Waals surface area contributed by atoms with E-state index >= 15 is 0 Å². The minimum absolute atomic E-state index is 0.00753. The lowest BCUT2D eigenvalue weighted by Crippen LogP contribution is -2.22. The summed E-state index contributed by atoms with van der Waals surface area (Å²) in [5.41, 5.74) is 1.36. The van der Waals surface area contributed by atoms with Gasteiger partial charge in [-0.1, -0.05) is 6.07 Å². The van der Waals surface area contributed by atoms with E-state index in [1.54, 1.807) is 6.07 Å². The van der Waals surface area contributed by atoms with Crippen LogP contribution in [0.5, 0.6) is 0 Å². The molecule has 3 rings (SSSR count). The van der Waals surface area contributed by atoms with Gasteiger partial charge in [-0.05, 0) is 55.7 Å². The summed E-state index contributed by atoms with van der Waals surface area (Å²) in [5, 5.41) is 7.96. The first kappa shape index (κ1) is 13.6. The van der Waals surface area contributed by atoms with Gasteiger partial charge >= 0.3 is 0 Å². The van der Waals surface area contributed by atoms with E-state index in [1.807, 2.05) is 6.92 Å². The van der Waals surface area contributed by atoms with Crippen molar-refractivity contribution in [3.8, 4) is 0 Å². The third-order valence-corrected chi connectivity index (χ3v) is 5.32. The minimum atomic E-state index is -3.75. The number of carbonyl (C=O) groups excluding carboxylic acids is 1. The van der Waals surface area contributed by atoms with Crippen molar-refractivity contribution < 1.29 is 13.2 Å². The van der Waals surface area contributed by atoms with Crippen LogP contribution in [-0.2, 0) is 14.8 Å². The number of hydrogen-bond acceptors (Lipinski definition) is 3. The predicted molar refractivity (Wildman–Crippen MR) is 75.5 cm³/mol. The maximum absolute atomic E-state index is 12.2. The Labute approximate surface area is 118 Å². The van der Waals surface area contributed by atoms with Crippen LogP contribution in [0.2, 0.25) is 0 Å². The molecule has 0 bridgehead atoms. The fourth-order valence-electron chi connectivity index (χ4n) is 3.08. The number of amides is 1. The number of nitrogens with two attached hydrogens (primary N) is 1. The predicted octanol–water partition coefficient (Wildman–Crippen LogP) is 1.63. The molecule has 0 spiro atoms. The standard InChI is InChI=1S/C14H18N2O3S/c1-8-2-3-12(20(15,18)19)7-13(8)16-14(17)11-5-9-4-10(9)6-11/h2-3,7,9-11H,4-6H2,1H3,(H,16,17)(H2,15,18,19). The molecule has 1 aromatic carbocycles. The Bertz CT molecular complexity index is 659. The smallest absolute Gasteiger partial charge is 0.238 e. The van der Waals surface area contributed by atoms with Gasteiger partial charge in [-0.3, -0.25) is 4.79 Å². The fraction of sp³-hybridized carbons (Fsp3) is 0.500. The maximum atomic E-state index is 12.2. The normalized spacial score (nSPS) is 28.0. The third-order valence-electron chi connectivity index (χ3n) is 4.41. The molecule has 108 valence electrons. The molecule has 20 heavy (non-hydrogen) atoms. The second kappa shape index (κ2) is 4.56. The quantitative estimate of drug-likeness (QED) is 0.887. The number of sulfonamides is 1. The molecule has 6 heteroatoms. The SMILES string of the molecule is Cc1ccc(S(N)(=O)=O)cc1NC(=O)C1CC2CC2C1. The Morgan fingerprint density at radius 2 is 1.90 bits per heavy atom. The lowest BCUT2D eigenvalue weighted by atomic mass is 10.0. The number of fused-ring (bicyclic) bond motifs is 1. The van der Waals surface area contributed by atoms with E-state index in [1.165, 1.54) is 18.6 Å². The molecule has 2 saturated carbocycles. The summed E-state index contributed by atoms with van der Waals surface area (Å²) in [6.07, 6.45) is 3.19. The molecule has 2 unspecified atom stereocenters. The molecule has 5 nitrogen and oxygen atoms in total. The zero-order valence-corrected chi connectivity index (χ0v) is 12.1. The Hall–Kier alpha value is -1.40. The van der Waals surface area contributed by atoms with Crippen LogP contribution in [0.3, 0.4) is 0 Å². The Kier molecular flexibility index (Phi) is 3.10. The monoisotopic (exact) mass is 294 g/mol. The number of primary sulfonamides is 1. The van der Waals surface area contributed by atoms with Gasteiger partial charge in [0.25, 0.3) is 0 Å². The summed E-state index contributed by atoms with van der Waals surface area (Å²) in [5.74, 6) is 1.54. The molecule has 0 radical (unpaired) electrons. The van der Waals surface area contributed by atoms with Gasteiger partial charge in [-0.2, -0.15) is 0 Å². The van der Waals surface area contributed by atoms with E-state index < -0.39 is 10.0 Å². The van der Waals surface area contributed by atoms with Gasteiger partial charge in [0.15, 0.2) is 0 Å². The van der Waals surface area contributed by atoms with Crippen LogP contribution in [0.25, 0.3) is 0 Å². The average Bonchev–Trinajstić information content (AvgIpc) is 2.97. The molecule has 2 fully saturated rings. The molecule has 0 aliphatic heterocycles. The number of nitrogens with one attached hydrogen (secondary N) is 1. The van der Waals surface area contributed by atoms with Crippen molar-refractivity contribution in [3.05, 3.63) is 23.8 Å². The fourth-order valence-corrected chi connectivity index (χ4v) is 3.62. The van der Waals surface area contributed by atoms with Crippen LogP contribution in [0.15, 0.2) is 23.1 Å². The molecule has 1 aromatic rings. The first-order valence-corrected chi connectivity index (χ1v) is 8.33. The second-order valence-electron chi connectivity index (χ2n) is 5.94. The Morgan fingerprint density at radius 1 is 1.25 bits per heavy atom. The molecule has 2 aliphatic carbocycles. The summed E-state index contributed by atoms with van der Waals surface area (Å²) in [6.45, 7) is 1.83. The van der Waals surface area contributed by atoms with Gasteiger partial charge in [0, 0.05) is 11.6 Å². The number of aryl methyl sites for hydroxylation is 1. The van der Waals surface area contributed by atoms with E-state index in [9.17, 15) is 13.2 Å². The van der Waals surface area contributed by atoms with Crippen LogP contribution >= 0.6 is 0 Å². The van der Waals surface area contributed by atoms with E-state index in [2.05, 4.69) is 5.32 Å². The van der Waals surface area contributed by atoms with E-state index in [0.717, 1.165) is 30.2 Å². The van der Waals surface area contributed by atoms with E-state index in [4.69, 9.17) is 5.14 Å². The minimum Gasteiger partial charge on any atom is -0.326 e. The molecule has 3 N–H and O–H groups in total. The van der Waals surface area contributed by atoms with Crippen molar-refractivity contribution >= 4 is 21.6 Å². The summed E-state index contributed by atoms with van der Waals surface area (Å²) >= 11 is 0. The number of anilines is 1. The Balaban J connectivity index is 1.77. The number of hydrogen-bond donors (Lipinski definition) is 2. The van der Waals surface area contributed by atoms with Crippen molar-refractivity contribution in [2.75, 3.05) is 5.32 Å². The van der Waals surface area contributed by atoms with E-state index in [0.29, 0.717) is 5.69 Å². The maximum Gasteiger partial charge on any atom is 0.238 e. The number of carbonyl (C=O) groups is 1. The van der Waals surface area contributed by atoms with Gasteiger partial charge in [-0.15, -0.1) is 0 Å². The van der Waals surface area contributed by atoms with Gasteiger partial charge in [0.1, 0.15) is 0 Å². The zero-order valence-electron chi connectivity index (χ0n) is 11.3. The summed E-state index contributed by atoms with van der Waals surface area (Å²) in [4.78, 5) is 12.2. The van der Waals surface area contributed by atoms with Crippen molar-refractivity contribution in [2.45, 2.75) is 31.1 Å². The highest BCUT2D eigenvalue weighted by molar-refractivity contribution is 7.89. The van der Waals surface area contributed by atoms with Gasteiger partial charge in [-0.25, -0.2) is 13.6 Å². The van der Waals surface area contributed by atoms with Crippen LogP contribution in [0.4, 0.5) is 5.69 Å². The first-order chi connectivity index (χ1) is 9.34. The van der Waals surface area contributed by atoms with Crippen molar-refractivity contribution in [1.82, 2.24) is 0 Å². The number of rotatable bonds is 3. The van der Waals surface area contributed by atoms with Gasteiger partial charge < -0.3 is 5.32 Å². The molecule has 1 amide bonds. The second-order valence-corrected chi connectivity index (χ2v) is 7.50. The highest BCUT2D eigenvalue weighted by atomic mass is 32.2. The highest BCUT2D eigenvalue weighted by Gasteiger charge is 2.48. The van der Waals surface area contributed by atoms with Gasteiger partial charge in [0.05, 0.1) is 4.90 Å². The zero-order chi connectivity index (χ0) is 14.5. The summed E-state index contributed by atoms with van der Waals surface area (Å²) in [6, 6.07) is 4.53. The van der Waals surface area contributed by atoms with Crippen molar-refractivity contribution in [2.24, 2.45) is 22.9 Å². The average molecular weight is 294 g/mol. The molecule has 2 atom stereocenters. The van der Waals surface area contributed by atoms with Crippen molar-refractivity contribution in [1.29, 1.82) is 0 Å². The largest absolute Gasteiger partial charge is 0.326 e. The highest BCUT2D eigenvalue weighted by Crippen LogP contribution is 2.54. The van der Waals surface area contributed by atoms with Crippen LogP contribution in [0.1, 0.15) is 24.8 Å². The Morgan fingerprint density at radius 3 is 2.50 bits per heavy atom. The van der Waals surface area contributed by atoms with Gasteiger partial charge in [0.2, 0.25) is 15.9 Å². The lowest BCUT2D eigenvalue weighted by molar-refractivity contribution is -0.120. The number of benzene rings is 1. The lowest BCUT2D eigenvalue weighted by Gasteiger charge is -2.14. The van der Waals surface area contributed by atoms with E-state index in [-0.39, 0.29) is 16.7 Å². The topological polar surface area (TPSA) is 89.3 Å². The molecule has 0 heterocycles. The third kappa shape index (κ3) is 2.58. The van der Waals surface area contributed by atoms with Crippen molar-refractivity contribution in [3.63, 3.8) is 0 Å². The molecule has 2 aliphatic rings. The molecular weight excluding hydrogens is 276 g/mol. The van der Waals surface area contributed by atoms with Crippen LogP contribution in [0, 0.1) is 24.7 Å². The molecule has 0 saturated heterocycles.